The maximum Gasteiger partial charge on any atom is 0.206 e. The van der Waals surface area contributed by atoms with Gasteiger partial charge in [0.15, 0.2) is 0 Å². The maximum atomic E-state index is 12.3. The topological polar surface area (TPSA) is 45.8 Å². The van der Waals surface area contributed by atoms with E-state index < -0.39 is 0 Å². The largest absolute Gasteiger partial charge is 0.341 e. The van der Waals surface area contributed by atoms with E-state index in [-0.39, 0.29) is 5.78 Å². The molecular formula is C19H16N2O. The fourth-order valence-electron chi connectivity index (χ4n) is 2.25. The highest BCUT2D eigenvalue weighted by molar-refractivity contribution is 6.06. The summed E-state index contributed by atoms with van der Waals surface area (Å²) in [6, 6.07) is 19.5. The number of nitrogens with one attached hydrogen (secondary N) is 1. The number of hydrogen-bond donors (Lipinski definition) is 1. The standard InChI is InChI=1S/C19H16N2O/c1-14-18(17(22)13-12-15-8-4-2-5-9-15)21-19(20-14)16-10-6-3-7-11-16/h2-13H,1H3,(H,20,21). The Kier molecular flexibility index (Phi) is 3.97. The number of imidazole rings is 1. The molecule has 3 rings (SSSR count). The minimum atomic E-state index is -0.0974. The Morgan fingerprint density at radius 1 is 1.00 bits per heavy atom. The van der Waals surface area contributed by atoms with Crippen LogP contribution in [0.3, 0.4) is 0 Å². The number of benzene rings is 2. The lowest BCUT2D eigenvalue weighted by atomic mass is 10.1. The van der Waals surface area contributed by atoms with Gasteiger partial charge in [0.25, 0.3) is 0 Å². The molecule has 0 spiro atoms. The summed E-state index contributed by atoms with van der Waals surface area (Å²) in [5.41, 5.74) is 3.21. The zero-order valence-corrected chi connectivity index (χ0v) is 12.3. The molecular weight excluding hydrogens is 272 g/mol. The number of rotatable bonds is 4. The number of carbonyl (C=O) groups is 1. The number of aromatic amines is 1. The molecule has 1 N–H and O–H groups in total. The summed E-state index contributed by atoms with van der Waals surface area (Å²) in [7, 11) is 0. The fraction of sp³-hybridized carbons (Fsp3) is 0.0526. The molecule has 0 saturated carbocycles. The zero-order chi connectivity index (χ0) is 15.4. The van der Waals surface area contributed by atoms with Crippen molar-refractivity contribution in [2.24, 2.45) is 0 Å². The predicted octanol–water partition coefficient (Wildman–Crippen LogP) is 4.28. The maximum absolute atomic E-state index is 12.3. The molecule has 0 fully saturated rings. The summed E-state index contributed by atoms with van der Waals surface area (Å²) in [4.78, 5) is 19.9. The van der Waals surface area contributed by atoms with Crippen molar-refractivity contribution in [2.45, 2.75) is 6.92 Å². The average molecular weight is 288 g/mol. The first kappa shape index (κ1) is 14.0. The number of aromatic nitrogens is 2. The van der Waals surface area contributed by atoms with Crippen LogP contribution in [0.1, 0.15) is 21.7 Å². The Labute approximate surface area is 129 Å². The van der Waals surface area contributed by atoms with Gasteiger partial charge in [0.2, 0.25) is 5.78 Å². The quantitative estimate of drug-likeness (QED) is 0.575. The van der Waals surface area contributed by atoms with Gasteiger partial charge in [0.1, 0.15) is 11.5 Å². The second kappa shape index (κ2) is 6.22. The van der Waals surface area contributed by atoms with Gasteiger partial charge in [-0.2, -0.15) is 0 Å². The molecule has 3 heteroatoms. The van der Waals surface area contributed by atoms with Crippen LogP contribution in [0.15, 0.2) is 66.7 Å². The molecule has 1 aromatic heterocycles. The first-order valence-electron chi connectivity index (χ1n) is 7.13. The normalized spacial score (nSPS) is 11.0. The number of ketones is 1. The van der Waals surface area contributed by atoms with E-state index >= 15 is 0 Å². The van der Waals surface area contributed by atoms with Gasteiger partial charge in [-0.1, -0.05) is 66.7 Å². The number of nitrogens with zero attached hydrogens (tertiary/aromatic N) is 1. The van der Waals surface area contributed by atoms with Crippen molar-refractivity contribution in [3.05, 3.63) is 83.7 Å². The van der Waals surface area contributed by atoms with Gasteiger partial charge in [-0.25, -0.2) is 4.98 Å². The van der Waals surface area contributed by atoms with E-state index in [1.54, 1.807) is 12.2 Å². The summed E-state index contributed by atoms with van der Waals surface area (Å²) >= 11 is 0. The third-order valence-corrected chi connectivity index (χ3v) is 3.39. The highest BCUT2D eigenvalue weighted by Gasteiger charge is 2.13. The fourth-order valence-corrected chi connectivity index (χ4v) is 2.25. The highest BCUT2D eigenvalue weighted by Crippen LogP contribution is 2.18. The third kappa shape index (κ3) is 3.04. The highest BCUT2D eigenvalue weighted by atomic mass is 16.1. The molecule has 22 heavy (non-hydrogen) atoms. The van der Waals surface area contributed by atoms with Gasteiger partial charge in [0.05, 0.1) is 0 Å². The number of aryl methyl sites for hydroxylation is 1. The van der Waals surface area contributed by atoms with Crippen LogP contribution in [0.2, 0.25) is 0 Å². The van der Waals surface area contributed by atoms with Crippen molar-refractivity contribution in [3.8, 4) is 11.4 Å². The van der Waals surface area contributed by atoms with E-state index in [1.807, 2.05) is 67.6 Å². The van der Waals surface area contributed by atoms with E-state index in [0.717, 1.165) is 22.6 Å². The first-order valence-corrected chi connectivity index (χ1v) is 7.13. The molecule has 0 bridgehead atoms. The second-order valence-electron chi connectivity index (χ2n) is 5.03. The average Bonchev–Trinajstić information content (AvgIpc) is 2.96. The van der Waals surface area contributed by atoms with Crippen molar-refractivity contribution < 1.29 is 4.79 Å². The van der Waals surface area contributed by atoms with E-state index in [0.29, 0.717) is 5.69 Å². The monoisotopic (exact) mass is 288 g/mol. The molecule has 2 aromatic carbocycles. The van der Waals surface area contributed by atoms with Gasteiger partial charge in [-0.05, 0) is 18.6 Å². The summed E-state index contributed by atoms with van der Waals surface area (Å²) in [6.07, 6.45) is 3.37. The van der Waals surface area contributed by atoms with Crippen LogP contribution in [0.25, 0.3) is 17.5 Å². The van der Waals surface area contributed by atoms with Crippen molar-refractivity contribution >= 4 is 11.9 Å². The SMILES string of the molecule is Cc1[nH]c(-c2ccccc2)nc1C(=O)C=Cc1ccccc1. The smallest absolute Gasteiger partial charge is 0.206 e. The van der Waals surface area contributed by atoms with Crippen LogP contribution in [0.4, 0.5) is 0 Å². The summed E-state index contributed by atoms with van der Waals surface area (Å²) in [5.74, 6) is 0.620. The molecule has 0 radical (unpaired) electrons. The van der Waals surface area contributed by atoms with E-state index in [4.69, 9.17) is 0 Å². The molecule has 0 amide bonds. The number of hydrogen-bond acceptors (Lipinski definition) is 2. The van der Waals surface area contributed by atoms with E-state index in [9.17, 15) is 4.79 Å². The predicted molar refractivity (Wildman–Crippen MR) is 88.6 cm³/mol. The van der Waals surface area contributed by atoms with Gasteiger partial charge in [0, 0.05) is 11.3 Å². The van der Waals surface area contributed by atoms with Crippen molar-refractivity contribution in [1.82, 2.24) is 9.97 Å². The van der Waals surface area contributed by atoms with Crippen LogP contribution in [0.5, 0.6) is 0 Å². The first-order chi connectivity index (χ1) is 10.7. The Morgan fingerprint density at radius 2 is 1.64 bits per heavy atom. The lowest BCUT2D eigenvalue weighted by molar-refractivity contribution is 0.104. The van der Waals surface area contributed by atoms with Crippen LogP contribution >= 0.6 is 0 Å². The van der Waals surface area contributed by atoms with Crippen molar-refractivity contribution in [1.29, 1.82) is 0 Å². The number of carbonyl (C=O) groups excluding carboxylic acids is 1. The Morgan fingerprint density at radius 3 is 2.32 bits per heavy atom. The van der Waals surface area contributed by atoms with Crippen molar-refractivity contribution in [3.63, 3.8) is 0 Å². The van der Waals surface area contributed by atoms with Crippen LogP contribution in [-0.2, 0) is 0 Å². The minimum absolute atomic E-state index is 0.0974. The Bertz CT molecular complexity index is 802. The molecule has 0 saturated heterocycles. The summed E-state index contributed by atoms with van der Waals surface area (Å²) in [5, 5.41) is 0. The van der Waals surface area contributed by atoms with E-state index in [2.05, 4.69) is 9.97 Å². The molecule has 1 heterocycles. The molecule has 0 aliphatic heterocycles. The minimum Gasteiger partial charge on any atom is -0.341 e. The molecule has 0 unspecified atom stereocenters. The Hall–Kier alpha value is -2.94. The Balaban J connectivity index is 1.85. The van der Waals surface area contributed by atoms with Crippen LogP contribution in [0, 0.1) is 6.92 Å². The van der Waals surface area contributed by atoms with Crippen LogP contribution < -0.4 is 0 Å². The lowest BCUT2D eigenvalue weighted by Crippen LogP contribution is -1.97. The third-order valence-electron chi connectivity index (χ3n) is 3.39. The van der Waals surface area contributed by atoms with Gasteiger partial charge in [-0.15, -0.1) is 0 Å². The van der Waals surface area contributed by atoms with Gasteiger partial charge < -0.3 is 4.98 Å². The number of H-pyrrole nitrogens is 1. The molecule has 0 atom stereocenters. The van der Waals surface area contributed by atoms with E-state index in [1.165, 1.54) is 0 Å². The molecule has 108 valence electrons. The van der Waals surface area contributed by atoms with Gasteiger partial charge >= 0.3 is 0 Å². The summed E-state index contributed by atoms with van der Waals surface area (Å²) in [6.45, 7) is 1.86. The molecule has 0 aliphatic rings. The summed E-state index contributed by atoms with van der Waals surface area (Å²) < 4.78 is 0. The van der Waals surface area contributed by atoms with Gasteiger partial charge in [-0.3, -0.25) is 4.79 Å². The number of allylic oxidation sites excluding steroid dienone is 1. The molecule has 0 aliphatic carbocycles. The molecule has 3 aromatic rings. The lowest BCUT2D eigenvalue weighted by Gasteiger charge is -1.94. The molecule has 3 nitrogen and oxygen atoms in total. The zero-order valence-electron chi connectivity index (χ0n) is 12.3. The van der Waals surface area contributed by atoms with Crippen molar-refractivity contribution in [2.75, 3.05) is 0 Å². The second-order valence-corrected chi connectivity index (χ2v) is 5.03. The van der Waals surface area contributed by atoms with Crippen LogP contribution in [-0.4, -0.2) is 15.8 Å².